The van der Waals surface area contributed by atoms with Crippen molar-refractivity contribution < 1.29 is 37.6 Å². The van der Waals surface area contributed by atoms with Gasteiger partial charge in [-0.05, 0) is 56.6 Å². The van der Waals surface area contributed by atoms with Crippen LogP contribution in [-0.4, -0.2) is 69.2 Å². The number of esters is 1. The highest BCUT2D eigenvalue weighted by Crippen LogP contribution is 2.41. The molecule has 0 heterocycles. The summed E-state index contributed by atoms with van der Waals surface area (Å²) in [5.41, 5.74) is 4.79. The normalized spacial score (nSPS) is 19.9. The van der Waals surface area contributed by atoms with Crippen LogP contribution in [0.25, 0.3) is 0 Å². The van der Waals surface area contributed by atoms with Crippen molar-refractivity contribution in [3.8, 4) is 0 Å². The molecule has 1 N–H and O–H groups in total. The van der Waals surface area contributed by atoms with E-state index in [9.17, 15) is 19.4 Å². The zero-order valence-corrected chi connectivity index (χ0v) is 24.7. The quantitative estimate of drug-likeness (QED) is 0.113. The lowest BCUT2D eigenvalue weighted by Gasteiger charge is -2.32. The molecule has 0 spiro atoms. The monoisotopic (exact) mass is 539 g/mol. The van der Waals surface area contributed by atoms with Crippen LogP contribution in [-0.2, 0) is 23.1 Å². The summed E-state index contributed by atoms with van der Waals surface area (Å²) >= 11 is 0. The molecule has 0 aromatic carbocycles. The summed E-state index contributed by atoms with van der Waals surface area (Å²) in [6, 6.07) is 0. The number of phosphoric acid groups is 1. The van der Waals surface area contributed by atoms with Gasteiger partial charge in [-0.1, -0.05) is 55.4 Å². The van der Waals surface area contributed by atoms with Gasteiger partial charge < -0.3 is 28.3 Å². The number of carbonyl (C=O) groups excluding carboxylic acids is 1. The molecule has 2 atom stereocenters. The van der Waals surface area contributed by atoms with Crippen LogP contribution in [0, 0.1) is 5.41 Å². The minimum atomic E-state index is -4.64. The molecule has 1 aliphatic rings. The Labute approximate surface area is 223 Å². The van der Waals surface area contributed by atoms with Gasteiger partial charge in [0, 0.05) is 6.08 Å². The van der Waals surface area contributed by atoms with Crippen molar-refractivity contribution in [3.63, 3.8) is 0 Å². The van der Waals surface area contributed by atoms with E-state index < -0.39 is 33.1 Å². The Kier molecular flexibility index (Phi) is 13.4. The number of aliphatic hydroxyl groups excluding tert-OH is 1. The molecule has 0 saturated carbocycles. The molecule has 0 aliphatic heterocycles. The second-order valence-corrected chi connectivity index (χ2v) is 12.6. The standard InChI is InChI=1S/C28H46NO7P/c1-22(14-15-26-24(3)13-10-16-28(26,4)5)11-9-12-23(2)19-27(31)34-21-25(20-30)36-37(32,33)35-18-17-29(6,7)8/h9,11-12,14-15,19,25,30H,10,13,16-18,20-21H2,1-8H3/t25-/m0/s1. The maximum Gasteiger partial charge on any atom is 0.331 e. The number of quaternary nitrogens is 1. The number of phosphoric ester groups is 1. The minimum absolute atomic E-state index is 0.0598. The summed E-state index contributed by atoms with van der Waals surface area (Å²) < 4.78 is 27.2. The second-order valence-electron chi connectivity index (χ2n) is 11.3. The number of hydrogen-bond acceptors (Lipinski definition) is 7. The summed E-state index contributed by atoms with van der Waals surface area (Å²) in [6.45, 7) is 9.88. The Bertz CT molecular complexity index is 968. The largest absolute Gasteiger partial charge is 0.756 e. The SMILES string of the molecule is CC(C=CC1=C(C)CCCC1(C)C)=CC=CC(C)=CC(=O)OC[C@H](CO)OP(=O)([O-])OCC[N+](C)(C)C. The Morgan fingerprint density at radius 3 is 2.49 bits per heavy atom. The van der Waals surface area contributed by atoms with Crippen LogP contribution in [0.2, 0.25) is 0 Å². The lowest BCUT2D eigenvalue weighted by Crippen LogP contribution is -2.38. The predicted molar refractivity (Wildman–Crippen MR) is 146 cm³/mol. The number of allylic oxidation sites excluding steroid dienone is 9. The number of aliphatic hydroxyl groups is 1. The third kappa shape index (κ3) is 14.1. The molecular formula is C28H46NO7P. The molecule has 0 saturated heterocycles. The first-order valence-electron chi connectivity index (χ1n) is 12.7. The van der Waals surface area contributed by atoms with Crippen LogP contribution in [0.3, 0.4) is 0 Å². The minimum Gasteiger partial charge on any atom is -0.756 e. The molecule has 1 rings (SSSR count). The smallest absolute Gasteiger partial charge is 0.331 e. The van der Waals surface area contributed by atoms with Crippen LogP contribution >= 0.6 is 7.82 Å². The Morgan fingerprint density at radius 1 is 1.22 bits per heavy atom. The van der Waals surface area contributed by atoms with Crippen molar-refractivity contribution in [2.24, 2.45) is 5.41 Å². The van der Waals surface area contributed by atoms with Gasteiger partial charge in [0.05, 0.1) is 27.7 Å². The molecule has 0 aromatic rings. The molecule has 210 valence electrons. The van der Waals surface area contributed by atoms with Crippen molar-refractivity contribution in [2.45, 2.75) is 60.0 Å². The van der Waals surface area contributed by atoms with E-state index in [1.165, 1.54) is 30.1 Å². The molecule has 1 aliphatic carbocycles. The van der Waals surface area contributed by atoms with Gasteiger partial charge in [-0.3, -0.25) is 4.57 Å². The van der Waals surface area contributed by atoms with Crippen LogP contribution in [0.1, 0.15) is 53.9 Å². The average Bonchev–Trinajstić information content (AvgIpc) is 2.74. The van der Waals surface area contributed by atoms with Gasteiger partial charge in [0.2, 0.25) is 0 Å². The molecule has 0 aromatic heterocycles. The lowest BCUT2D eigenvalue weighted by molar-refractivity contribution is -0.870. The molecular weight excluding hydrogens is 493 g/mol. The molecule has 0 amide bonds. The second kappa shape index (κ2) is 15.0. The van der Waals surface area contributed by atoms with Gasteiger partial charge in [0.1, 0.15) is 25.9 Å². The van der Waals surface area contributed by atoms with Crippen LogP contribution < -0.4 is 4.89 Å². The maximum absolute atomic E-state index is 12.1. The van der Waals surface area contributed by atoms with Crippen LogP contribution in [0.15, 0.2) is 58.7 Å². The Morgan fingerprint density at radius 2 is 1.89 bits per heavy atom. The van der Waals surface area contributed by atoms with Crippen LogP contribution in [0.4, 0.5) is 0 Å². The zero-order chi connectivity index (χ0) is 28.3. The number of hydrogen-bond donors (Lipinski definition) is 1. The van der Waals surface area contributed by atoms with Crippen molar-refractivity contribution in [1.82, 2.24) is 0 Å². The number of rotatable bonds is 14. The Hall–Kier alpha value is -1.80. The summed E-state index contributed by atoms with van der Waals surface area (Å²) in [6.07, 6.45) is 13.5. The summed E-state index contributed by atoms with van der Waals surface area (Å²) in [5.74, 6) is -0.668. The first-order valence-corrected chi connectivity index (χ1v) is 14.1. The van der Waals surface area contributed by atoms with Crippen molar-refractivity contribution >= 4 is 13.8 Å². The van der Waals surface area contributed by atoms with Gasteiger partial charge in [-0.2, -0.15) is 0 Å². The Balaban J connectivity index is 2.59. The number of nitrogens with zero attached hydrogens (tertiary/aromatic N) is 1. The van der Waals surface area contributed by atoms with Gasteiger partial charge in [-0.15, -0.1) is 0 Å². The lowest BCUT2D eigenvalue weighted by atomic mass is 9.72. The van der Waals surface area contributed by atoms with Crippen LogP contribution in [0.5, 0.6) is 0 Å². The van der Waals surface area contributed by atoms with E-state index in [4.69, 9.17) is 13.8 Å². The highest BCUT2D eigenvalue weighted by atomic mass is 31.2. The van der Waals surface area contributed by atoms with Crippen molar-refractivity contribution in [3.05, 3.63) is 58.7 Å². The number of ether oxygens (including phenoxy) is 1. The van der Waals surface area contributed by atoms with E-state index in [2.05, 4.69) is 32.9 Å². The van der Waals surface area contributed by atoms with Gasteiger partial charge in [0.15, 0.2) is 0 Å². The van der Waals surface area contributed by atoms with Crippen molar-refractivity contribution in [1.29, 1.82) is 0 Å². The van der Waals surface area contributed by atoms with E-state index in [1.807, 2.05) is 40.2 Å². The molecule has 0 radical (unpaired) electrons. The molecule has 0 fully saturated rings. The van der Waals surface area contributed by atoms with E-state index in [0.717, 1.165) is 12.0 Å². The van der Waals surface area contributed by atoms with Gasteiger partial charge in [0.25, 0.3) is 7.82 Å². The van der Waals surface area contributed by atoms with Gasteiger partial charge in [-0.25, -0.2) is 4.79 Å². The van der Waals surface area contributed by atoms with E-state index in [1.54, 1.807) is 13.0 Å². The van der Waals surface area contributed by atoms with Crippen molar-refractivity contribution in [2.75, 3.05) is 47.5 Å². The first-order chi connectivity index (χ1) is 17.0. The molecule has 0 bridgehead atoms. The molecule has 1 unspecified atom stereocenters. The predicted octanol–water partition coefficient (Wildman–Crippen LogP) is 4.63. The summed E-state index contributed by atoms with van der Waals surface area (Å²) in [5, 5.41) is 9.40. The first kappa shape index (κ1) is 33.2. The number of carbonyl (C=O) groups is 1. The summed E-state index contributed by atoms with van der Waals surface area (Å²) in [4.78, 5) is 24.1. The topological polar surface area (TPSA) is 105 Å². The average molecular weight is 540 g/mol. The molecule has 37 heavy (non-hydrogen) atoms. The van der Waals surface area contributed by atoms with E-state index in [0.29, 0.717) is 16.6 Å². The fourth-order valence-corrected chi connectivity index (χ4v) is 4.70. The fourth-order valence-electron chi connectivity index (χ4n) is 3.84. The van der Waals surface area contributed by atoms with E-state index in [-0.39, 0.29) is 12.0 Å². The zero-order valence-electron chi connectivity index (χ0n) is 23.8. The molecule has 8 nitrogen and oxygen atoms in total. The number of likely N-dealkylation sites (N-methyl/N-ethyl adjacent to an activating group) is 1. The highest BCUT2D eigenvalue weighted by molar-refractivity contribution is 7.45. The van der Waals surface area contributed by atoms with Gasteiger partial charge >= 0.3 is 5.97 Å². The fraction of sp³-hybridized carbons (Fsp3) is 0.607. The molecule has 9 heteroatoms. The summed E-state index contributed by atoms with van der Waals surface area (Å²) in [7, 11) is 1.04. The highest BCUT2D eigenvalue weighted by Gasteiger charge is 2.26. The third-order valence-corrected chi connectivity index (χ3v) is 7.08. The third-order valence-electron chi connectivity index (χ3n) is 6.02. The van der Waals surface area contributed by atoms with E-state index >= 15 is 0 Å². The maximum atomic E-state index is 12.1.